The molecule has 0 N–H and O–H groups in total. The van der Waals surface area contributed by atoms with E-state index in [-0.39, 0.29) is 0 Å². The van der Waals surface area contributed by atoms with Crippen LogP contribution in [-0.4, -0.2) is 16.5 Å². The summed E-state index contributed by atoms with van der Waals surface area (Å²) in [4.78, 5) is 4.26. The Labute approximate surface area is 108 Å². The van der Waals surface area contributed by atoms with Gasteiger partial charge in [-0.1, -0.05) is 15.9 Å². The van der Waals surface area contributed by atoms with E-state index < -0.39 is 0 Å². The van der Waals surface area contributed by atoms with Crippen LogP contribution in [0, 0.1) is 0 Å². The fraction of sp³-hybridized carbons (Fsp3) is 0.111. The Kier molecular flexibility index (Phi) is 3.38. The van der Waals surface area contributed by atoms with Gasteiger partial charge < -0.3 is 4.74 Å². The number of hydrogen-bond donors (Lipinski definition) is 0. The second kappa shape index (κ2) is 4.59. The van der Waals surface area contributed by atoms with Crippen LogP contribution in [-0.2, 0) is 0 Å². The molecule has 1 heterocycles. The van der Waals surface area contributed by atoms with E-state index in [0.717, 1.165) is 20.8 Å². The molecular formula is C9H6Br2N2OS. The molecule has 2 rings (SSSR count). The van der Waals surface area contributed by atoms with E-state index >= 15 is 0 Å². The first-order valence-corrected chi connectivity index (χ1v) is 6.40. The minimum Gasteiger partial charge on any atom is -0.497 e. The molecule has 6 heteroatoms. The lowest BCUT2D eigenvalue weighted by molar-refractivity contribution is 0.415. The van der Waals surface area contributed by atoms with Gasteiger partial charge in [0.05, 0.1) is 7.11 Å². The normalized spacial score (nSPS) is 10.3. The average molecular weight is 350 g/mol. The summed E-state index contributed by atoms with van der Waals surface area (Å²) in [5.74, 6) is 0.805. The van der Waals surface area contributed by atoms with Crippen LogP contribution in [0.5, 0.6) is 5.75 Å². The Balaban J connectivity index is 2.51. The van der Waals surface area contributed by atoms with Gasteiger partial charge in [0.2, 0.25) is 4.73 Å². The van der Waals surface area contributed by atoms with Gasteiger partial charge in [-0.15, -0.1) is 0 Å². The Morgan fingerprint density at radius 3 is 2.73 bits per heavy atom. The molecule has 3 nitrogen and oxygen atoms in total. The van der Waals surface area contributed by atoms with Crippen LogP contribution < -0.4 is 4.74 Å². The highest BCUT2D eigenvalue weighted by Crippen LogP contribution is 2.33. The van der Waals surface area contributed by atoms with Crippen LogP contribution >= 0.6 is 43.4 Å². The molecular weight excluding hydrogens is 344 g/mol. The van der Waals surface area contributed by atoms with E-state index in [4.69, 9.17) is 4.74 Å². The van der Waals surface area contributed by atoms with Crippen molar-refractivity contribution in [3.05, 3.63) is 27.4 Å². The van der Waals surface area contributed by atoms with Crippen LogP contribution in [0.25, 0.3) is 10.6 Å². The first kappa shape index (κ1) is 11.0. The third-order valence-electron chi connectivity index (χ3n) is 1.81. The second-order valence-corrected chi connectivity index (χ2v) is 5.03. The van der Waals surface area contributed by atoms with E-state index in [1.54, 1.807) is 7.11 Å². The van der Waals surface area contributed by atoms with E-state index in [1.165, 1.54) is 11.5 Å². The molecule has 0 aliphatic heterocycles. The van der Waals surface area contributed by atoms with Crippen molar-refractivity contribution in [3.63, 3.8) is 0 Å². The molecule has 0 saturated heterocycles. The molecule has 1 aromatic heterocycles. The maximum absolute atomic E-state index is 5.16. The largest absolute Gasteiger partial charge is 0.497 e. The molecule has 0 radical (unpaired) electrons. The lowest BCUT2D eigenvalue weighted by Crippen LogP contribution is -1.84. The van der Waals surface area contributed by atoms with E-state index in [9.17, 15) is 0 Å². The van der Waals surface area contributed by atoms with Gasteiger partial charge in [-0.3, -0.25) is 0 Å². The van der Waals surface area contributed by atoms with Crippen LogP contribution in [0.1, 0.15) is 0 Å². The summed E-state index contributed by atoms with van der Waals surface area (Å²) in [6.07, 6.45) is 0. The Morgan fingerprint density at radius 1 is 1.33 bits per heavy atom. The van der Waals surface area contributed by atoms with E-state index in [1.807, 2.05) is 18.2 Å². The highest BCUT2D eigenvalue weighted by molar-refractivity contribution is 9.10. The molecule has 0 unspecified atom stereocenters. The summed E-state index contributed by atoms with van der Waals surface area (Å²) >= 11 is 8.05. The minimum atomic E-state index is 0.609. The smallest absolute Gasteiger partial charge is 0.209 e. The molecule has 0 saturated carbocycles. The van der Waals surface area contributed by atoms with Gasteiger partial charge in [0.15, 0.2) is 0 Å². The molecule has 0 atom stereocenters. The first-order chi connectivity index (χ1) is 7.20. The van der Waals surface area contributed by atoms with Crippen LogP contribution in [0.3, 0.4) is 0 Å². The van der Waals surface area contributed by atoms with Crippen molar-refractivity contribution in [3.8, 4) is 16.3 Å². The number of ether oxygens (including phenoxy) is 1. The predicted octanol–water partition coefficient (Wildman–Crippen LogP) is 3.74. The number of hydrogen-bond acceptors (Lipinski definition) is 4. The summed E-state index contributed by atoms with van der Waals surface area (Å²) in [5.41, 5.74) is 0.984. The fourth-order valence-corrected chi connectivity index (χ4v) is 2.78. The third-order valence-corrected chi connectivity index (χ3v) is 3.83. The Morgan fingerprint density at radius 2 is 2.13 bits per heavy atom. The van der Waals surface area contributed by atoms with Gasteiger partial charge >= 0.3 is 0 Å². The molecule has 0 aliphatic carbocycles. The number of benzene rings is 1. The second-order valence-electron chi connectivity index (χ2n) is 2.71. The van der Waals surface area contributed by atoms with Gasteiger partial charge in [-0.25, -0.2) is 4.98 Å². The molecule has 0 fully saturated rings. The van der Waals surface area contributed by atoms with Crippen LogP contribution in [0.15, 0.2) is 27.4 Å². The average Bonchev–Trinajstić information content (AvgIpc) is 2.65. The lowest BCUT2D eigenvalue weighted by Gasteiger charge is -2.03. The van der Waals surface area contributed by atoms with Crippen LogP contribution in [0.2, 0.25) is 0 Å². The van der Waals surface area contributed by atoms with Crippen molar-refractivity contribution in [1.82, 2.24) is 9.36 Å². The van der Waals surface area contributed by atoms with Gasteiger partial charge in [0.25, 0.3) is 0 Å². The van der Waals surface area contributed by atoms with Gasteiger partial charge in [-0.2, -0.15) is 4.37 Å². The van der Waals surface area contributed by atoms with Crippen molar-refractivity contribution in [2.24, 2.45) is 0 Å². The number of aromatic nitrogens is 2. The molecule has 2 aromatic rings. The quantitative estimate of drug-likeness (QED) is 0.828. The number of methoxy groups -OCH3 is 1. The lowest BCUT2D eigenvalue weighted by atomic mass is 10.2. The summed E-state index contributed by atoms with van der Waals surface area (Å²) in [5, 5.41) is 0.854. The van der Waals surface area contributed by atoms with Gasteiger partial charge in [-0.05, 0) is 45.7 Å². The third kappa shape index (κ3) is 2.38. The molecule has 15 heavy (non-hydrogen) atoms. The van der Waals surface area contributed by atoms with Crippen molar-refractivity contribution in [2.45, 2.75) is 0 Å². The zero-order chi connectivity index (χ0) is 10.8. The summed E-state index contributed by atoms with van der Waals surface area (Å²) in [6, 6.07) is 5.75. The Bertz CT molecular complexity index is 487. The van der Waals surface area contributed by atoms with E-state index in [2.05, 4.69) is 41.2 Å². The highest BCUT2D eigenvalue weighted by atomic mass is 79.9. The van der Waals surface area contributed by atoms with Gasteiger partial charge in [0.1, 0.15) is 10.8 Å². The zero-order valence-corrected chi connectivity index (χ0v) is 11.7. The maximum Gasteiger partial charge on any atom is 0.209 e. The summed E-state index contributed by atoms with van der Waals surface area (Å²) < 4.78 is 10.8. The summed E-state index contributed by atoms with van der Waals surface area (Å²) in [6.45, 7) is 0. The molecule has 78 valence electrons. The standard InChI is InChI=1S/C9H6Br2N2OS/c1-14-5-2-3-7(10)6(4-5)8-12-9(11)13-15-8/h2-4H,1H3. The van der Waals surface area contributed by atoms with Crippen molar-refractivity contribution < 1.29 is 4.74 Å². The molecule has 0 bridgehead atoms. The van der Waals surface area contributed by atoms with Crippen molar-refractivity contribution >= 4 is 43.4 Å². The molecule has 0 aliphatic rings. The summed E-state index contributed by atoms with van der Waals surface area (Å²) in [7, 11) is 1.64. The van der Waals surface area contributed by atoms with Crippen molar-refractivity contribution in [2.75, 3.05) is 7.11 Å². The highest BCUT2D eigenvalue weighted by Gasteiger charge is 2.09. The first-order valence-electron chi connectivity index (χ1n) is 4.04. The van der Waals surface area contributed by atoms with E-state index in [0.29, 0.717) is 4.73 Å². The SMILES string of the molecule is COc1ccc(Br)c(-c2nc(Br)ns2)c1. The predicted molar refractivity (Wildman–Crippen MR) is 67.3 cm³/mol. The van der Waals surface area contributed by atoms with Crippen molar-refractivity contribution in [1.29, 1.82) is 0 Å². The number of rotatable bonds is 2. The monoisotopic (exact) mass is 348 g/mol. The number of halogens is 2. The maximum atomic E-state index is 5.16. The molecule has 0 amide bonds. The minimum absolute atomic E-state index is 0.609. The number of nitrogens with zero attached hydrogens (tertiary/aromatic N) is 2. The molecule has 0 spiro atoms. The fourth-order valence-electron chi connectivity index (χ4n) is 1.11. The molecule has 1 aromatic carbocycles. The topological polar surface area (TPSA) is 35.0 Å². The zero-order valence-electron chi connectivity index (χ0n) is 7.70. The van der Waals surface area contributed by atoms with Crippen LogP contribution in [0.4, 0.5) is 0 Å². The van der Waals surface area contributed by atoms with Gasteiger partial charge in [0, 0.05) is 10.0 Å². The Hall–Kier alpha value is -0.460.